The summed E-state index contributed by atoms with van der Waals surface area (Å²) in [6.07, 6.45) is -4.46. The molecule has 0 aliphatic carbocycles. The van der Waals surface area contributed by atoms with Crippen LogP contribution in [0.2, 0.25) is 0 Å². The van der Waals surface area contributed by atoms with Crippen LogP contribution in [0.15, 0.2) is 95.8 Å². The van der Waals surface area contributed by atoms with Gasteiger partial charge < -0.3 is 14.8 Å². The van der Waals surface area contributed by atoms with Crippen molar-refractivity contribution < 1.29 is 31.8 Å². The van der Waals surface area contributed by atoms with Gasteiger partial charge in [-0.3, -0.25) is 4.79 Å². The maximum Gasteiger partial charge on any atom is 0.416 e. The first-order chi connectivity index (χ1) is 22.1. The van der Waals surface area contributed by atoms with Gasteiger partial charge in [0.2, 0.25) is 0 Å². The Labute approximate surface area is 261 Å². The van der Waals surface area contributed by atoms with Gasteiger partial charge in [-0.1, -0.05) is 42.5 Å². The third kappa shape index (κ3) is 7.18. The molecule has 0 saturated heterocycles. The number of nitrogens with one attached hydrogen (secondary N) is 1. The molecule has 0 spiro atoms. The maximum atomic E-state index is 14.8. The molecule has 5 aromatic rings. The molecule has 46 heavy (non-hydrogen) atoms. The normalized spacial score (nSPS) is 11.4. The monoisotopic (exact) mass is 634 g/mol. The summed E-state index contributed by atoms with van der Waals surface area (Å²) >= 11 is 0. The number of esters is 1. The fourth-order valence-corrected chi connectivity index (χ4v) is 4.91. The second kappa shape index (κ2) is 13.8. The van der Waals surface area contributed by atoms with Gasteiger partial charge in [0.25, 0.3) is 0 Å². The second-order valence-electron chi connectivity index (χ2n) is 10.3. The van der Waals surface area contributed by atoms with E-state index in [1.54, 1.807) is 6.07 Å². The highest BCUT2D eigenvalue weighted by Gasteiger charge is 2.30. The van der Waals surface area contributed by atoms with E-state index >= 15 is 0 Å². The molecule has 0 bridgehead atoms. The number of nitrogens with zero attached hydrogens (tertiary/aromatic N) is 3. The molecule has 0 fully saturated rings. The minimum atomic E-state index is -4.54. The van der Waals surface area contributed by atoms with Crippen molar-refractivity contribution in [3.63, 3.8) is 0 Å². The van der Waals surface area contributed by atoms with Crippen molar-refractivity contribution in [1.82, 2.24) is 19.7 Å². The number of rotatable bonds is 11. The van der Waals surface area contributed by atoms with Crippen LogP contribution in [0.25, 0.3) is 22.5 Å². The summed E-state index contributed by atoms with van der Waals surface area (Å²) in [6.45, 7) is 2.75. The SMILES string of the molecule is CCOc1ccc(-c2ccc(CNCc3nn(-c4ccc(C(F)(F)F)cc4)c(=O)n3-c3ccccc3F)cc2)cc1CC(=O)OC. The van der Waals surface area contributed by atoms with Crippen LogP contribution in [0.1, 0.15) is 29.4 Å². The summed E-state index contributed by atoms with van der Waals surface area (Å²) in [7, 11) is 1.34. The Morgan fingerprint density at radius 2 is 1.61 bits per heavy atom. The number of carbonyl (C=O) groups is 1. The van der Waals surface area contributed by atoms with Gasteiger partial charge in [-0.15, -0.1) is 5.10 Å². The van der Waals surface area contributed by atoms with Crippen LogP contribution in [0.4, 0.5) is 17.6 Å². The Morgan fingerprint density at radius 1 is 0.913 bits per heavy atom. The zero-order valence-electron chi connectivity index (χ0n) is 25.0. The summed E-state index contributed by atoms with van der Waals surface area (Å²) < 4.78 is 66.5. The third-order valence-electron chi connectivity index (χ3n) is 7.20. The first-order valence-electron chi connectivity index (χ1n) is 14.3. The van der Waals surface area contributed by atoms with E-state index < -0.39 is 23.2 Å². The average Bonchev–Trinajstić information content (AvgIpc) is 3.37. The molecule has 8 nitrogen and oxygen atoms in total. The van der Waals surface area contributed by atoms with E-state index in [1.807, 2.05) is 49.4 Å². The van der Waals surface area contributed by atoms with E-state index in [-0.39, 0.29) is 36.1 Å². The van der Waals surface area contributed by atoms with Crippen LogP contribution in [-0.4, -0.2) is 34.0 Å². The molecule has 12 heteroatoms. The lowest BCUT2D eigenvalue weighted by atomic mass is 10.00. The van der Waals surface area contributed by atoms with Gasteiger partial charge in [0.1, 0.15) is 11.6 Å². The van der Waals surface area contributed by atoms with Gasteiger partial charge in [-0.2, -0.15) is 17.9 Å². The van der Waals surface area contributed by atoms with Crippen molar-refractivity contribution in [2.45, 2.75) is 32.6 Å². The third-order valence-corrected chi connectivity index (χ3v) is 7.20. The molecule has 5 rings (SSSR count). The molecule has 0 amide bonds. The fraction of sp³-hybridized carbons (Fsp3) is 0.206. The number of para-hydroxylation sites is 1. The number of benzene rings is 4. The van der Waals surface area contributed by atoms with E-state index in [2.05, 4.69) is 10.4 Å². The van der Waals surface area contributed by atoms with E-state index in [4.69, 9.17) is 9.47 Å². The predicted molar refractivity (Wildman–Crippen MR) is 163 cm³/mol. The zero-order chi connectivity index (χ0) is 32.8. The smallest absolute Gasteiger partial charge is 0.416 e. The zero-order valence-corrected chi connectivity index (χ0v) is 25.0. The van der Waals surface area contributed by atoms with Crippen molar-refractivity contribution in [3.8, 4) is 28.3 Å². The molecule has 0 aliphatic rings. The number of halogens is 4. The van der Waals surface area contributed by atoms with Crippen molar-refractivity contribution in [2.75, 3.05) is 13.7 Å². The average molecular weight is 635 g/mol. The van der Waals surface area contributed by atoms with Gasteiger partial charge in [-0.25, -0.2) is 13.8 Å². The number of hydrogen-bond acceptors (Lipinski definition) is 6. The van der Waals surface area contributed by atoms with E-state index in [9.17, 15) is 27.2 Å². The molecule has 1 heterocycles. The fourth-order valence-electron chi connectivity index (χ4n) is 4.91. The molecule has 1 aromatic heterocycles. The molecular weight excluding hydrogens is 604 g/mol. The maximum absolute atomic E-state index is 14.8. The summed E-state index contributed by atoms with van der Waals surface area (Å²) in [6, 6.07) is 23.0. The molecular formula is C34H30F4N4O4. The van der Waals surface area contributed by atoms with Crippen LogP contribution in [0, 0.1) is 5.82 Å². The van der Waals surface area contributed by atoms with Crippen LogP contribution < -0.4 is 15.7 Å². The summed E-state index contributed by atoms with van der Waals surface area (Å²) in [4.78, 5) is 25.3. The second-order valence-corrected chi connectivity index (χ2v) is 10.3. The molecule has 0 radical (unpaired) electrons. The number of aromatic nitrogens is 3. The number of hydrogen-bond donors (Lipinski definition) is 1. The Morgan fingerprint density at radius 3 is 2.26 bits per heavy atom. The van der Waals surface area contributed by atoms with Gasteiger partial charge in [0.05, 0.1) is 43.6 Å². The van der Waals surface area contributed by atoms with Crippen LogP contribution in [-0.2, 0) is 35.2 Å². The van der Waals surface area contributed by atoms with Crippen LogP contribution in [0.5, 0.6) is 5.75 Å². The summed E-state index contributed by atoms with van der Waals surface area (Å²) in [5.74, 6) is -0.243. The molecule has 238 valence electrons. The quantitative estimate of drug-likeness (QED) is 0.137. The van der Waals surface area contributed by atoms with Crippen molar-refractivity contribution >= 4 is 5.97 Å². The molecule has 0 unspecified atom stereocenters. The standard InChI is InChI=1S/C34H30F4N4O4/c1-3-46-30-17-12-24(18-25(30)19-32(43)45-2)23-10-8-22(9-11-23)20-39-21-31-40-42(27-15-13-26(14-16-27)34(36,37)38)33(44)41(31)29-7-5-4-6-28(29)35/h4-18,39H,3,19-21H2,1-2H3. The van der Waals surface area contributed by atoms with Gasteiger partial charge in [-0.05, 0) is 72.1 Å². The molecule has 0 atom stereocenters. The van der Waals surface area contributed by atoms with Gasteiger partial charge in [0, 0.05) is 12.1 Å². The summed E-state index contributed by atoms with van der Waals surface area (Å²) in [5.41, 5.74) is 1.91. The van der Waals surface area contributed by atoms with E-state index in [0.29, 0.717) is 24.5 Å². The Bertz CT molecular complexity index is 1880. The van der Waals surface area contributed by atoms with Crippen molar-refractivity contribution in [1.29, 1.82) is 0 Å². The number of alkyl halides is 3. The lowest BCUT2D eigenvalue weighted by Gasteiger charge is -2.12. The topological polar surface area (TPSA) is 87.4 Å². The highest BCUT2D eigenvalue weighted by molar-refractivity contribution is 5.75. The highest BCUT2D eigenvalue weighted by Crippen LogP contribution is 2.30. The predicted octanol–water partition coefficient (Wildman–Crippen LogP) is 6.25. The van der Waals surface area contributed by atoms with Gasteiger partial charge in [0.15, 0.2) is 5.82 Å². The summed E-state index contributed by atoms with van der Waals surface area (Å²) in [5, 5.41) is 7.55. The molecule has 4 aromatic carbocycles. The Kier molecular flexibility index (Phi) is 9.67. The highest BCUT2D eigenvalue weighted by atomic mass is 19.4. The molecule has 0 saturated carbocycles. The van der Waals surface area contributed by atoms with Crippen molar-refractivity contribution in [3.05, 3.63) is 130 Å². The van der Waals surface area contributed by atoms with Crippen LogP contribution >= 0.6 is 0 Å². The Hall–Kier alpha value is -5.23. The van der Waals surface area contributed by atoms with E-state index in [0.717, 1.165) is 50.2 Å². The lowest BCUT2D eigenvalue weighted by molar-refractivity contribution is -0.140. The van der Waals surface area contributed by atoms with E-state index in [1.165, 1.54) is 25.3 Å². The number of methoxy groups -OCH3 is 1. The Balaban J connectivity index is 1.35. The lowest BCUT2D eigenvalue weighted by Crippen LogP contribution is -2.25. The van der Waals surface area contributed by atoms with Crippen LogP contribution in [0.3, 0.4) is 0 Å². The largest absolute Gasteiger partial charge is 0.494 e. The number of carbonyl (C=O) groups excluding carboxylic acids is 1. The first kappa shape index (κ1) is 32.2. The first-order valence-corrected chi connectivity index (χ1v) is 14.3. The molecule has 1 N–H and O–H groups in total. The minimum Gasteiger partial charge on any atom is -0.494 e. The number of ether oxygens (including phenoxy) is 2. The molecule has 0 aliphatic heterocycles. The van der Waals surface area contributed by atoms with Crippen molar-refractivity contribution in [2.24, 2.45) is 0 Å². The minimum absolute atomic E-state index is 0.0336. The van der Waals surface area contributed by atoms with Gasteiger partial charge >= 0.3 is 17.8 Å².